The van der Waals surface area contributed by atoms with Gasteiger partial charge in [0.15, 0.2) is 5.82 Å². The maximum Gasteiger partial charge on any atom is 0.345 e. The first kappa shape index (κ1) is 18.4. The average Bonchev–Trinajstić information content (AvgIpc) is 2.91. The summed E-state index contributed by atoms with van der Waals surface area (Å²) in [6.07, 6.45) is 0. The van der Waals surface area contributed by atoms with E-state index in [2.05, 4.69) is 10.4 Å². The molecule has 1 amide bonds. The first-order chi connectivity index (χ1) is 12.9. The Bertz CT molecular complexity index is 1040. The molecule has 1 heterocycles. The van der Waals surface area contributed by atoms with Gasteiger partial charge >= 0.3 is 5.69 Å². The van der Waals surface area contributed by atoms with Crippen LogP contribution in [0.2, 0.25) is 0 Å². The smallest absolute Gasteiger partial charge is 0.345 e. The predicted molar refractivity (Wildman–Crippen MR) is 91.6 cm³/mol. The number of nitrogens with one attached hydrogen (secondary N) is 1. The molecule has 1 N–H and O–H groups in total. The van der Waals surface area contributed by atoms with Gasteiger partial charge in [0.1, 0.15) is 17.5 Å². The van der Waals surface area contributed by atoms with Crippen LogP contribution in [0.25, 0.3) is 11.4 Å². The van der Waals surface area contributed by atoms with Crippen molar-refractivity contribution >= 4 is 5.91 Å². The molecule has 27 heavy (non-hydrogen) atoms. The molecule has 0 bridgehead atoms. The van der Waals surface area contributed by atoms with E-state index in [1.807, 2.05) is 0 Å². The lowest BCUT2D eigenvalue weighted by atomic mass is 10.2. The van der Waals surface area contributed by atoms with Crippen molar-refractivity contribution in [3.05, 3.63) is 76.0 Å². The van der Waals surface area contributed by atoms with Crippen molar-refractivity contribution in [3.8, 4) is 11.4 Å². The first-order valence-corrected chi connectivity index (χ1v) is 8.00. The van der Waals surface area contributed by atoms with E-state index in [9.17, 15) is 22.8 Å². The number of carbonyl (C=O) groups is 1. The van der Waals surface area contributed by atoms with E-state index in [1.54, 1.807) is 0 Å². The monoisotopic (exact) mass is 376 g/mol. The zero-order chi connectivity index (χ0) is 19.6. The van der Waals surface area contributed by atoms with Crippen molar-refractivity contribution < 1.29 is 18.0 Å². The molecule has 6 nitrogen and oxygen atoms in total. The SMILES string of the molecule is Cn1c(-c2ccc(F)cc2)nn(CCNC(=O)c2ccc(F)cc2F)c1=O. The molecule has 0 aliphatic carbocycles. The fourth-order valence-electron chi connectivity index (χ4n) is 2.53. The largest absolute Gasteiger partial charge is 0.350 e. The number of amides is 1. The summed E-state index contributed by atoms with van der Waals surface area (Å²) in [5.41, 5.74) is -0.152. The van der Waals surface area contributed by atoms with Gasteiger partial charge in [-0.25, -0.2) is 22.6 Å². The van der Waals surface area contributed by atoms with Crippen LogP contribution < -0.4 is 11.0 Å². The maximum atomic E-state index is 13.6. The van der Waals surface area contributed by atoms with Crippen molar-refractivity contribution in [1.82, 2.24) is 19.7 Å². The van der Waals surface area contributed by atoms with Crippen LogP contribution in [0.4, 0.5) is 13.2 Å². The molecule has 0 radical (unpaired) electrons. The highest BCUT2D eigenvalue weighted by Gasteiger charge is 2.14. The van der Waals surface area contributed by atoms with Crippen LogP contribution in [0.1, 0.15) is 10.4 Å². The summed E-state index contributed by atoms with van der Waals surface area (Å²) in [7, 11) is 1.52. The number of carbonyl (C=O) groups excluding carboxylic acids is 1. The van der Waals surface area contributed by atoms with Crippen LogP contribution in [0.5, 0.6) is 0 Å². The van der Waals surface area contributed by atoms with E-state index in [4.69, 9.17) is 0 Å². The van der Waals surface area contributed by atoms with Gasteiger partial charge in [0.25, 0.3) is 5.91 Å². The Morgan fingerprint density at radius 1 is 1.07 bits per heavy atom. The third-order valence-electron chi connectivity index (χ3n) is 3.93. The summed E-state index contributed by atoms with van der Waals surface area (Å²) in [6.45, 7) is 0.0534. The minimum atomic E-state index is -0.971. The molecule has 0 unspecified atom stereocenters. The second-order valence-corrected chi connectivity index (χ2v) is 5.78. The van der Waals surface area contributed by atoms with E-state index in [0.717, 1.165) is 16.8 Å². The van der Waals surface area contributed by atoms with Crippen molar-refractivity contribution in [2.45, 2.75) is 6.54 Å². The normalized spacial score (nSPS) is 10.8. The van der Waals surface area contributed by atoms with Gasteiger partial charge < -0.3 is 5.32 Å². The number of nitrogens with zero attached hydrogens (tertiary/aromatic N) is 3. The van der Waals surface area contributed by atoms with Crippen molar-refractivity contribution in [2.75, 3.05) is 6.54 Å². The van der Waals surface area contributed by atoms with Crippen LogP contribution in [-0.2, 0) is 13.6 Å². The van der Waals surface area contributed by atoms with Gasteiger partial charge in [0.2, 0.25) is 0 Å². The summed E-state index contributed by atoms with van der Waals surface area (Å²) in [5.74, 6) is -2.54. The predicted octanol–water partition coefficient (Wildman–Crippen LogP) is 2.10. The number of benzene rings is 2. The Kier molecular flexibility index (Phi) is 5.11. The minimum absolute atomic E-state index is 0.00935. The average molecular weight is 376 g/mol. The molecular weight excluding hydrogens is 361 g/mol. The lowest BCUT2D eigenvalue weighted by Crippen LogP contribution is -2.32. The van der Waals surface area contributed by atoms with Gasteiger partial charge in [-0.1, -0.05) is 0 Å². The summed E-state index contributed by atoms with van der Waals surface area (Å²) in [5, 5.41) is 6.63. The highest BCUT2D eigenvalue weighted by Crippen LogP contribution is 2.15. The Morgan fingerprint density at radius 3 is 2.41 bits per heavy atom. The Hall–Kier alpha value is -3.36. The first-order valence-electron chi connectivity index (χ1n) is 8.00. The highest BCUT2D eigenvalue weighted by atomic mass is 19.1. The second-order valence-electron chi connectivity index (χ2n) is 5.78. The minimum Gasteiger partial charge on any atom is -0.350 e. The fraction of sp³-hybridized carbons (Fsp3) is 0.167. The lowest BCUT2D eigenvalue weighted by Gasteiger charge is -2.06. The van der Waals surface area contributed by atoms with E-state index < -0.39 is 29.0 Å². The van der Waals surface area contributed by atoms with E-state index in [-0.39, 0.29) is 18.7 Å². The van der Waals surface area contributed by atoms with Crippen LogP contribution in [0, 0.1) is 17.5 Å². The van der Waals surface area contributed by atoms with Crippen LogP contribution >= 0.6 is 0 Å². The Morgan fingerprint density at radius 2 is 1.74 bits per heavy atom. The third kappa shape index (κ3) is 3.91. The van der Waals surface area contributed by atoms with Gasteiger partial charge in [-0.05, 0) is 36.4 Å². The van der Waals surface area contributed by atoms with Crippen LogP contribution in [-0.4, -0.2) is 26.8 Å². The van der Waals surface area contributed by atoms with Crippen LogP contribution in [0.3, 0.4) is 0 Å². The van der Waals surface area contributed by atoms with Gasteiger partial charge in [0, 0.05) is 25.2 Å². The quantitative estimate of drug-likeness (QED) is 0.742. The molecule has 2 aromatic carbocycles. The topological polar surface area (TPSA) is 68.9 Å². The summed E-state index contributed by atoms with van der Waals surface area (Å²) < 4.78 is 42.0. The Balaban J connectivity index is 1.70. The molecule has 0 aliphatic rings. The highest BCUT2D eigenvalue weighted by molar-refractivity contribution is 5.94. The lowest BCUT2D eigenvalue weighted by molar-refractivity contribution is 0.0947. The fourth-order valence-corrected chi connectivity index (χ4v) is 2.53. The number of hydrogen-bond donors (Lipinski definition) is 1. The van der Waals surface area contributed by atoms with Crippen molar-refractivity contribution in [1.29, 1.82) is 0 Å². The second kappa shape index (κ2) is 7.48. The summed E-state index contributed by atoms with van der Waals surface area (Å²) >= 11 is 0. The van der Waals surface area contributed by atoms with E-state index in [1.165, 1.54) is 35.9 Å². The molecule has 0 atom stereocenters. The molecule has 0 saturated carbocycles. The summed E-state index contributed by atoms with van der Waals surface area (Å²) in [6, 6.07) is 8.16. The standard InChI is InChI=1S/C18H15F3N4O2/c1-24-16(11-2-4-12(19)5-3-11)23-25(18(24)27)9-8-22-17(26)14-7-6-13(20)10-15(14)21/h2-7,10H,8-9H2,1H3,(H,22,26). The van der Waals surface area contributed by atoms with Crippen molar-refractivity contribution in [2.24, 2.45) is 7.05 Å². The molecular formula is C18H15F3N4O2. The molecule has 1 aromatic heterocycles. The van der Waals surface area contributed by atoms with E-state index in [0.29, 0.717) is 17.5 Å². The molecule has 9 heteroatoms. The maximum absolute atomic E-state index is 13.6. The molecule has 0 aliphatic heterocycles. The molecule has 0 saturated heterocycles. The molecule has 3 aromatic rings. The van der Waals surface area contributed by atoms with Crippen molar-refractivity contribution in [3.63, 3.8) is 0 Å². The van der Waals surface area contributed by atoms with Crippen LogP contribution in [0.15, 0.2) is 47.3 Å². The third-order valence-corrected chi connectivity index (χ3v) is 3.93. The zero-order valence-electron chi connectivity index (χ0n) is 14.2. The number of hydrogen-bond acceptors (Lipinski definition) is 3. The number of rotatable bonds is 5. The number of halogens is 3. The molecule has 140 valence electrons. The molecule has 0 spiro atoms. The van der Waals surface area contributed by atoms with E-state index >= 15 is 0 Å². The summed E-state index contributed by atoms with van der Waals surface area (Å²) in [4.78, 5) is 24.2. The Labute approximate surface area is 151 Å². The van der Waals surface area contributed by atoms with Gasteiger partial charge in [-0.2, -0.15) is 0 Å². The number of aromatic nitrogens is 3. The van der Waals surface area contributed by atoms with Gasteiger partial charge in [0.05, 0.1) is 12.1 Å². The van der Waals surface area contributed by atoms with Gasteiger partial charge in [-0.3, -0.25) is 9.36 Å². The zero-order valence-corrected chi connectivity index (χ0v) is 14.2. The molecule has 3 rings (SSSR count). The molecule has 0 fully saturated rings. The van der Waals surface area contributed by atoms with Gasteiger partial charge in [-0.15, -0.1) is 5.10 Å².